The highest BCUT2D eigenvalue weighted by Gasteiger charge is 2.76. The van der Waals surface area contributed by atoms with Crippen LogP contribution in [0.5, 0.6) is 0 Å². The van der Waals surface area contributed by atoms with Gasteiger partial charge in [0.1, 0.15) is 0 Å². The van der Waals surface area contributed by atoms with Crippen molar-refractivity contribution in [1.82, 2.24) is 0 Å². The highest BCUT2D eigenvalue weighted by molar-refractivity contribution is 6.29. The Bertz CT molecular complexity index is 1170. The fourth-order valence-electron chi connectivity index (χ4n) is 8.48. The lowest BCUT2D eigenvalue weighted by atomic mass is 9.44. The number of rotatable bonds is 4. The maximum absolute atomic E-state index is 13.6. The number of carbonyl (C=O) groups excluding carboxylic acids is 3. The third-order valence-electron chi connectivity index (χ3n) is 10.0. The number of carbonyl (C=O) groups is 3. The Labute approximate surface area is 221 Å². The first kappa shape index (κ1) is 25.7. The molecule has 0 bridgehead atoms. The van der Waals surface area contributed by atoms with E-state index < -0.39 is 33.4 Å². The third-order valence-corrected chi connectivity index (χ3v) is 11.2. The lowest BCUT2D eigenvalue weighted by Crippen LogP contribution is -2.70. The van der Waals surface area contributed by atoms with Gasteiger partial charge < -0.3 is 14.3 Å². The molecule has 4 aliphatic rings. The van der Waals surface area contributed by atoms with E-state index in [4.69, 9.17) is 32.4 Å². The van der Waals surface area contributed by atoms with E-state index in [1.54, 1.807) is 12.1 Å². The van der Waals surface area contributed by atoms with E-state index in [0.717, 1.165) is 5.57 Å². The number of esters is 1. The summed E-state index contributed by atoms with van der Waals surface area (Å²) in [5.74, 6) is -2.13. The Hall–Kier alpha value is -1.89. The lowest BCUT2D eigenvalue weighted by molar-refractivity contribution is -0.178. The van der Waals surface area contributed by atoms with Crippen LogP contribution in [0.15, 0.2) is 46.6 Å². The SMILES string of the molecule is C[C@@H]1C[C@H]2[C@@H]3C[C@H](C)C4=CC(=O)C=C[C@]4(C)[C@@]3(Cl)C(O)C[C@]2(C)[C@@]1(OC(=O)c1ccco1)C(=O)CCl. The van der Waals surface area contributed by atoms with Crippen molar-refractivity contribution >= 4 is 40.7 Å². The molecule has 0 aliphatic heterocycles. The second-order valence-electron chi connectivity index (χ2n) is 11.6. The summed E-state index contributed by atoms with van der Waals surface area (Å²) in [6, 6.07) is 3.08. The van der Waals surface area contributed by atoms with Crippen LogP contribution in [0, 0.1) is 34.5 Å². The average molecular weight is 535 g/mol. The number of furan rings is 1. The van der Waals surface area contributed by atoms with Crippen LogP contribution in [0.2, 0.25) is 0 Å². The molecule has 0 spiro atoms. The largest absolute Gasteiger partial charge is 0.457 e. The van der Waals surface area contributed by atoms with Gasteiger partial charge in [-0.1, -0.05) is 39.3 Å². The molecule has 0 amide bonds. The molecular weight excluding hydrogens is 503 g/mol. The number of halogens is 2. The second-order valence-corrected chi connectivity index (χ2v) is 12.5. The van der Waals surface area contributed by atoms with Crippen molar-refractivity contribution in [3.05, 3.63) is 48.0 Å². The number of fused-ring (bicyclic) bond motifs is 5. The topological polar surface area (TPSA) is 93.8 Å². The van der Waals surface area contributed by atoms with Gasteiger partial charge in [-0.3, -0.25) is 9.59 Å². The zero-order valence-electron chi connectivity index (χ0n) is 20.9. The normalized spacial score (nSPS) is 45.4. The molecular formula is C28H32Cl2O6. The van der Waals surface area contributed by atoms with Crippen molar-refractivity contribution in [2.75, 3.05) is 5.88 Å². The van der Waals surface area contributed by atoms with Crippen LogP contribution >= 0.6 is 23.2 Å². The quantitative estimate of drug-likeness (QED) is 0.425. The molecule has 8 heteroatoms. The first-order valence-corrected chi connectivity index (χ1v) is 13.5. The zero-order valence-corrected chi connectivity index (χ0v) is 22.4. The minimum atomic E-state index is -1.54. The summed E-state index contributed by atoms with van der Waals surface area (Å²) in [5.41, 5.74) is -2.25. The van der Waals surface area contributed by atoms with Crippen molar-refractivity contribution in [2.24, 2.45) is 34.5 Å². The minimum absolute atomic E-state index is 0.00429. The molecule has 3 fully saturated rings. The number of ketones is 2. The number of ether oxygens (including phenoxy) is 1. The van der Waals surface area contributed by atoms with Crippen molar-refractivity contribution in [3.8, 4) is 0 Å². The second kappa shape index (κ2) is 8.31. The monoisotopic (exact) mass is 534 g/mol. The van der Waals surface area contributed by atoms with Gasteiger partial charge in [0.2, 0.25) is 5.76 Å². The van der Waals surface area contributed by atoms with E-state index in [0.29, 0.717) is 12.8 Å². The molecule has 4 aliphatic carbocycles. The average Bonchev–Trinajstić information content (AvgIpc) is 3.44. The Morgan fingerprint density at radius 2 is 1.94 bits per heavy atom. The summed E-state index contributed by atoms with van der Waals surface area (Å²) in [4.78, 5) is 37.9. The van der Waals surface area contributed by atoms with Gasteiger partial charge >= 0.3 is 5.97 Å². The van der Waals surface area contributed by atoms with Gasteiger partial charge in [-0.2, -0.15) is 0 Å². The van der Waals surface area contributed by atoms with Crippen molar-refractivity contribution in [3.63, 3.8) is 0 Å². The molecule has 6 nitrogen and oxygen atoms in total. The van der Waals surface area contributed by atoms with Gasteiger partial charge in [-0.25, -0.2) is 4.79 Å². The van der Waals surface area contributed by atoms with Crippen LogP contribution < -0.4 is 0 Å². The maximum atomic E-state index is 13.6. The Balaban J connectivity index is 1.64. The summed E-state index contributed by atoms with van der Waals surface area (Å²) in [7, 11) is 0. The zero-order chi connectivity index (χ0) is 26.3. The summed E-state index contributed by atoms with van der Waals surface area (Å²) < 4.78 is 11.4. The van der Waals surface area contributed by atoms with Gasteiger partial charge in [0.05, 0.1) is 23.1 Å². The number of aliphatic hydroxyl groups is 1. The number of allylic oxidation sites excluding steroid dienone is 4. The molecule has 9 atom stereocenters. The van der Waals surface area contributed by atoms with Crippen LogP contribution in [0.1, 0.15) is 57.5 Å². The molecule has 0 aromatic carbocycles. The predicted octanol–water partition coefficient (Wildman–Crippen LogP) is 5.12. The van der Waals surface area contributed by atoms with Crippen LogP contribution in [0.3, 0.4) is 0 Å². The predicted molar refractivity (Wildman–Crippen MR) is 135 cm³/mol. The molecule has 1 unspecified atom stereocenters. The van der Waals surface area contributed by atoms with Crippen molar-refractivity contribution in [2.45, 2.75) is 63.5 Å². The van der Waals surface area contributed by atoms with Crippen LogP contribution in [0.25, 0.3) is 0 Å². The van der Waals surface area contributed by atoms with Gasteiger partial charge in [0, 0.05) is 16.7 Å². The molecule has 0 saturated heterocycles. The maximum Gasteiger partial charge on any atom is 0.375 e. The number of alkyl halides is 2. The summed E-state index contributed by atoms with van der Waals surface area (Å²) in [5, 5.41) is 11.8. The molecule has 1 aromatic rings. The van der Waals surface area contributed by atoms with Crippen LogP contribution in [0.4, 0.5) is 0 Å². The van der Waals surface area contributed by atoms with Crippen molar-refractivity contribution in [1.29, 1.82) is 0 Å². The number of hydrogen-bond donors (Lipinski definition) is 1. The molecule has 36 heavy (non-hydrogen) atoms. The highest BCUT2D eigenvalue weighted by Crippen LogP contribution is 2.72. The number of Topliss-reactive ketones (excluding diaryl/α,β-unsaturated/α-hetero) is 1. The molecule has 1 aromatic heterocycles. The van der Waals surface area contributed by atoms with Crippen LogP contribution in [-0.4, -0.2) is 45.1 Å². The van der Waals surface area contributed by atoms with E-state index >= 15 is 0 Å². The van der Waals surface area contributed by atoms with E-state index in [1.165, 1.54) is 18.4 Å². The molecule has 0 radical (unpaired) electrons. The first-order valence-electron chi connectivity index (χ1n) is 12.5. The molecule has 5 rings (SSSR count). The van der Waals surface area contributed by atoms with Gasteiger partial charge in [0.25, 0.3) is 0 Å². The molecule has 1 N–H and O–H groups in total. The summed E-state index contributed by atoms with van der Waals surface area (Å²) in [6.45, 7) is 7.91. The van der Waals surface area contributed by atoms with E-state index in [-0.39, 0.29) is 53.3 Å². The summed E-state index contributed by atoms with van der Waals surface area (Å²) in [6.07, 6.45) is 6.77. The molecule has 194 valence electrons. The minimum Gasteiger partial charge on any atom is -0.457 e. The van der Waals surface area contributed by atoms with E-state index in [1.807, 2.05) is 26.8 Å². The molecule has 3 saturated carbocycles. The highest BCUT2D eigenvalue weighted by atomic mass is 35.5. The fraction of sp³-hybridized carbons (Fsp3) is 0.607. The first-order chi connectivity index (χ1) is 16.9. The van der Waals surface area contributed by atoms with Gasteiger partial charge in [-0.15, -0.1) is 23.2 Å². The Morgan fingerprint density at radius 3 is 2.58 bits per heavy atom. The lowest BCUT2D eigenvalue weighted by Gasteiger charge is -2.65. The third kappa shape index (κ3) is 3.04. The Kier molecular flexibility index (Phi) is 5.94. The standard InChI is InChI=1S/C28H32Cl2O6/c1-15-10-20-19-11-16(2)28(23(33)14-29,36-24(34)21-6-5-9-35-21)26(19,4)13-22(32)27(20,30)25(3)8-7-17(31)12-18(15)25/h5-9,12,15-16,19-20,22,32H,10-11,13-14H2,1-4H3/t15-,16+,19-,20-,22?,25-,26-,27-,28-/m0/s1. The van der Waals surface area contributed by atoms with E-state index in [9.17, 15) is 19.5 Å². The fourth-order valence-corrected chi connectivity index (χ4v) is 9.17. The van der Waals surface area contributed by atoms with Crippen LogP contribution in [-0.2, 0) is 14.3 Å². The summed E-state index contributed by atoms with van der Waals surface area (Å²) >= 11 is 13.7. The Morgan fingerprint density at radius 1 is 1.22 bits per heavy atom. The smallest absolute Gasteiger partial charge is 0.375 e. The number of hydrogen-bond acceptors (Lipinski definition) is 6. The van der Waals surface area contributed by atoms with Crippen molar-refractivity contribution < 1.29 is 28.6 Å². The van der Waals surface area contributed by atoms with Gasteiger partial charge in [-0.05, 0) is 61.3 Å². The number of aliphatic hydroxyl groups excluding tert-OH is 1. The van der Waals surface area contributed by atoms with Gasteiger partial charge in [0.15, 0.2) is 17.2 Å². The molecule has 1 heterocycles. The van der Waals surface area contributed by atoms with E-state index in [2.05, 4.69) is 6.92 Å².